The molecule has 7 heavy (non-hydrogen) atoms. The molecule has 39 valence electrons. The van der Waals surface area contributed by atoms with Crippen LogP contribution < -0.4 is 0 Å². The molecule has 0 saturated carbocycles. The van der Waals surface area contributed by atoms with Crippen molar-refractivity contribution in [2.45, 2.75) is 24.6 Å². The van der Waals surface area contributed by atoms with Gasteiger partial charge in [-0.05, 0) is 25.3 Å². The van der Waals surface area contributed by atoms with Crippen molar-refractivity contribution < 1.29 is 0 Å². The van der Waals surface area contributed by atoms with Gasteiger partial charge in [0.05, 0.1) is 5.38 Å². The van der Waals surface area contributed by atoms with Crippen LogP contribution in [-0.4, -0.2) is 5.38 Å². The lowest BCUT2D eigenvalue weighted by Crippen LogP contribution is -1.97. The van der Waals surface area contributed by atoms with E-state index in [4.69, 9.17) is 11.6 Å². The maximum atomic E-state index is 5.67. The van der Waals surface area contributed by atoms with E-state index in [-0.39, 0.29) is 5.38 Å². The first kappa shape index (κ1) is 5.17. The molecule has 1 radical (unpaired) electrons. The Labute approximate surface area is 49.2 Å². The summed E-state index contributed by atoms with van der Waals surface area (Å²) in [6.45, 7) is 0. The molecule has 0 bridgehead atoms. The Bertz CT molecular complexity index is 76.2. The highest BCUT2D eigenvalue weighted by atomic mass is 35.5. The van der Waals surface area contributed by atoms with Gasteiger partial charge in [-0.3, -0.25) is 0 Å². The number of alkyl halides is 1. The fraction of sp³-hybridized carbons (Fsp3) is 0.667. The molecular formula is C6H8Cl. The van der Waals surface area contributed by atoms with Crippen LogP contribution in [0.15, 0.2) is 6.08 Å². The average Bonchev–Trinajstić information content (AvgIpc) is 1.69. The predicted octanol–water partition coefficient (Wildman–Crippen LogP) is 2.14. The smallest absolute Gasteiger partial charge is 0.0585 e. The first-order chi connectivity index (χ1) is 3.39. The third kappa shape index (κ3) is 1.52. The van der Waals surface area contributed by atoms with Gasteiger partial charge in [0.25, 0.3) is 0 Å². The van der Waals surface area contributed by atoms with Crippen molar-refractivity contribution in [1.29, 1.82) is 0 Å². The number of halogens is 1. The van der Waals surface area contributed by atoms with E-state index < -0.39 is 0 Å². The van der Waals surface area contributed by atoms with Crippen molar-refractivity contribution in [2.24, 2.45) is 0 Å². The van der Waals surface area contributed by atoms with E-state index in [2.05, 4.69) is 6.08 Å². The number of rotatable bonds is 0. The molecule has 0 aromatic rings. The Balaban J connectivity index is 2.36. The summed E-state index contributed by atoms with van der Waals surface area (Å²) in [5, 5.41) is 0.203. The van der Waals surface area contributed by atoms with E-state index in [0.717, 1.165) is 6.42 Å². The topological polar surface area (TPSA) is 0 Å². The first-order valence-corrected chi connectivity index (χ1v) is 3.05. The maximum absolute atomic E-state index is 5.67. The molecule has 1 aliphatic rings. The minimum Gasteiger partial charge on any atom is -0.118 e. The lowest BCUT2D eigenvalue weighted by molar-refractivity contribution is 0.724. The summed E-state index contributed by atoms with van der Waals surface area (Å²) in [5.41, 5.74) is 0. The molecule has 1 heteroatoms. The normalized spacial score (nSPS) is 30.7. The summed E-state index contributed by atoms with van der Waals surface area (Å²) in [5.74, 6) is 0. The van der Waals surface area contributed by atoms with Gasteiger partial charge < -0.3 is 0 Å². The molecule has 0 aliphatic heterocycles. The van der Waals surface area contributed by atoms with Gasteiger partial charge in [0.2, 0.25) is 0 Å². The predicted molar refractivity (Wildman–Crippen MR) is 31.3 cm³/mol. The molecule has 0 saturated heterocycles. The van der Waals surface area contributed by atoms with Gasteiger partial charge in [0, 0.05) is 0 Å². The van der Waals surface area contributed by atoms with E-state index >= 15 is 0 Å². The Kier molecular flexibility index (Phi) is 1.75. The van der Waals surface area contributed by atoms with Crippen molar-refractivity contribution in [3.8, 4) is 0 Å². The van der Waals surface area contributed by atoms with Gasteiger partial charge in [-0.25, -0.2) is 0 Å². The number of hydrogen-bond acceptors (Lipinski definition) is 0. The Hall–Kier alpha value is 0.0300. The number of hydrogen-bond donors (Lipinski definition) is 0. The highest BCUT2D eigenvalue weighted by Gasteiger charge is 2.02. The van der Waals surface area contributed by atoms with E-state index in [1.165, 1.54) is 12.8 Å². The number of allylic oxidation sites excluding steroid dienone is 2. The second-order valence-corrected chi connectivity index (χ2v) is 2.30. The molecular weight excluding hydrogens is 108 g/mol. The standard InChI is InChI=1S/C6H8Cl/c7-6-4-2-1-3-5-6/h2,6H,1,3,5H2. The summed E-state index contributed by atoms with van der Waals surface area (Å²) in [6.07, 6.45) is 8.57. The summed E-state index contributed by atoms with van der Waals surface area (Å²) in [4.78, 5) is 0. The summed E-state index contributed by atoms with van der Waals surface area (Å²) < 4.78 is 0. The summed E-state index contributed by atoms with van der Waals surface area (Å²) in [6, 6.07) is 0. The monoisotopic (exact) mass is 115 g/mol. The Morgan fingerprint density at radius 3 is 2.86 bits per heavy atom. The summed E-state index contributed by atoms with van der Waals surface area (Å²) in [7, 11) is 0. The molecule has 0 nitrogen and oxygen atoms in total. The van der Waals surface area contributed by atoms with Crippen molar-refractivity contribution in [2.75, 3.05) is 0 Å². The van der Waals surface area contributed by atoms with Gasteiger partial charge >= 0.3 is 0 Å². The van der Waals surface area contributed by atoms with Crippen LogP contribution in [0.5, 0.6) is 0 Å². The van der Waals surface area contributed by atoms with Crippen molar-refractivity contribution in [3.63, 3.8) is 0 Å². The molecule has 0 aromatic carbocycles. The van der Waals surface area contributed by atoms with E-state index in [0.29, 0.717) is 0 Å². The molecule has 0 heterocycles. The minimum absolute atomic E-state index is 0.203. The average molecular weight is 116 g/mol. The van der Waals surface area contributed by atoms with E-state index in [1.807, 2.05) is 6.08 Å². The zero-order valence-corrected chi connectivity index (χ0v) is 4.91. The van der Waals surface area contributed by atoms with Crippen LogP contribution in [0, 0.1) is 6.08 Å². The molecule has 1 aliphatic carbocycles. The van der Waals surface area contributed by atoms with Gasteiger partial charge in [0.1, 0.15) is 0 Å². The largest absolute Gasteiger partial charge is 0.118 e. The summed E-state index contributed by atoms with van der Waals surface area (Å²) >= 11 is 5.67. The second-order valence-electron chi connectivity index (χ2n) is 1.77. The van der Waals surface area contributed by atoms with E-state index in [9.17, 15) is 0 Å². The minimum atomic E-state index is 0.203. The Morgan fingerprint density at radius 1 is 1.71 bits per heavy atom. The van der Waals surface area contributed by atoms with Gasteiger partial charge in [0.15, 0.2) is 0 Å². The van der Waals surface area contributed by atoms with Crippen LogP contribution in [0.4, 0.5) is 0 Å². The first-order valence-electron chi connectivity index (χ1n) is 2.61. The zero-order valence-electron chi connectivity index (χ0n) is 4.15. The molecule has 1 atom stereocenters. The molecule has 0 spiro atoms. The van der Waals surface area contributed by atoms with E-state index in [1.54, 1.807) is 0 Å². The van der Waals surface area contributed by atoms with Crippen LogP contribution in [0.1, 0.15) is 19.3 Å². The maximum Gasteiger partial charge on any atom is 0.0585 e. The molecule has 0 N–H and O–H groups in total. The highest BCUT2D eigenvalue weighted by Crippen LogP contribution is 2.13. The highest BCUT2D eigenvalue weighted by molar-refractivity contribution is 6.21. The quantitative estimate of drug-likeness (QED) is 0.425. The third-order valence-corrected chi connectivity index (χ3v) is 1.45. The molecule has 0 amide bonds. The van der Waals surface area contributed by atoms with Crippen molar-refractivity contribution in [1.82, 2.24) is 0 Å². The van der Waals surface area contributed by atoms with Gasteiger partial charge in [-0.15, -0.1) is 11.6 Å². The van der Waals surface area contributed by atoms with Gasteiger partial charge in [-0.1, -0.05) is 6.08 Å². The van der Waals surface area contributed by atoms with Crippen molar-refractivity contribution in [3.05, 3.63) is 12.2 Å². The third-order valence-electron chi connectivity index (χ3n) is 1.10. The SMILES string of the molecule is ClC1[C]=CCCC1. The lowest BCUT2D eigenvalue weighted by atomic mass is 10.1. The van der Waals surface area contributed by atoms with Crippen molar-refractivity contribution >= 4 is 11.6 Å². The second kappa shape index (κ2) is 2.37. The van der Waals surface area contributed by atoms with Gasteiger partial charge in [-0.2, -0.15) is 0 Å². The zero-order chi connectivity index (χ0) is 5.11. The lowest BCUT2D eigenvalue weighted by Gasteiger charge is -2.05. The van der Waals surface area contributed by atoms with Crippen LogP contribution in [0.25, 0.3) is 0 Å². The molecule has 0 aromatic heterocycles. The van der Waals surface area contributed by atoms with Crippen LogP contribution in [0.3, 0.4) is 0 Å². The van der Waals surface area contributed by atoms with Crippen LogP contribution in [-0.2, 0) is 0 Å². The molecule has 1 rings (SSSR count). The van der Waals surface area contributed by atoms with Crippen LogP contribution in [0.2, 0.25) is 0 Å². The van der Waals surface area contributed by atoms with Crippen LogP contribution >= 0.6 is 11.6 Å². The molecule has 0 fully saturated rings. The fourth-order valence-corrected chi connectivity index (χ4v) is 0.937. The molecule has 1 unspecified atom stereocenters. The fourth-order valence-electron chi connectivity index (χ4n) is 0.694. The Morgan fingerprint density at radius 2 is 2.57 bits per heavy atom.